The Hall–Kier alpha value is -0.820. The Labute approximate surface area is 128 Å². The maximum absolute atomic E-state index is 11.5. The van der Waals surface area contributed by atoms with E-state index in [-0.39, 0.29) is 11.5 Å². The van der Waals surface area contributed by atoms with Crippen molar-refractivity contribution in [3.8, 4) is 0 Å². The smallest absolute Gasteiger partial charge is 0.193 e. The summed E-state index contributed by atoms with van der Waals surface area (Å²) in [7, 11) is 0.784. The van der Waals surface area contributed by atoms with Gasteiger partial charge in [0.25, 0.3) is 0 Å². The van der Waals surface area contributed by atoms with Crippen LogP contribution in [0.3, 0.4) is 0 Å². The number of guanidine groups is 1. The van der Waals surface area contributed by atoms with Crippen LogP contribution in [0.25, 0.3) is 0 Å². The maximum atomic E-state index is 11.5. The number of rotatable bonds is 7. The molecule has 0 aromatic carbocycles. The normalized spacial score (nSPS) is 17.8. The Balaban J connectivity index is 2.30. The van der Waals surface area contributed by atoms with Gasteiger partial charge in [-0.3, -0.25) is 4.99 Å². The summed E-state index contributed by atoms with van der Waals surface area (Å²) < 4.78 is 28.3. The summed E-state index contributed by atoms with van der Waals surface area (Å²) in [6.07, 6.45) is 3.39. The third kappa shape index (κ3) is 7.13. The Bertz CT molecular complexity index is 417. The van der Waals surface area contributed by atoms with E-state index in [1.54, 1.807) is 14.0 Å². The molecule has 0 bridgehead atoms. The molecule has 1 fully saturated rings. The van der Waals surface area contributed by atoms with Gasteiger partial charge in [-0.15, -0.1) is 0 Å². The molecular weight excluding hydrogens is 290 g/mol. The predicted octanol–water partition coefficient (Wildman–Crippen LogP) is 0.745. The summed E-state index contributed by atoms with van der Waals surface area (Å²) >= 11 is 0. The molecule has 124 valence electrons. The molecule has 1 N–H and O–H groups in total. The fraction of sp³-hybridized carbons (Fsp3) is 0.929. The van der Waals surface area contributed by atoms with Crippen LogP contribution < -0.4 is 5.32 Å². The minimum Gasteiger partial charge on any atom is -0.381 e. The minimum atomic E-state index is -2.93. The van der Waals surface area contributed by atoms with Gasteiger partial charge in [0.1, 0.15) is 0 Å². The molecule has 6 nitrogen and oxygen atoms in total. The molecule has 21 heavy (non-hydrogen) atoms. The lowest BCUT2D eigenvalue weighted by molar-refractivity contribution is 0.0625. The average Bonchev–Trinajstić information content (AvgIpc) is 2.50. The fourth-order valence-corrected chi connectivity index (χ4v) is 3.07. The zero-order valence-corrected chi connectivity index (χ0v) is 14.3. The molecule has 0 radical (unpaired) electrons. The van der Waals surface area contributed by atoms with E-state index in [2.05, 4.69) is 15.2 Å². The lowest BCUT2D eigenvalue weighted by Crippen LogP contribution is -2.41. The zero-order chi connectivity index (χ0) is 15.7. The highest BCUT2D eigenvalue weighted by Crippen LogP contribution is 2.18. The van der Waals surface area contributed by atoms with Gasteiger partial charge in [-0.2, -0.15) is 0 Å². The molecule has 0 amide bonds. The van der Waals surface area contributed by atoms with E-state index < -0.39 is 9.84 Å². The van der Waals surface area contributed by atoms with Crippen LogP contribution in [-0.4, -0.2) is 71.2 Å². The van der Waals surface area contributed by atoms with Crippen molar-refractivity contribution in [3.05, 3.63) is 0 Å². The molecule has 7 heteroatoms. The van der Waals surface area contributed by atoms with Gasteiger partial charge in [0.05, 0.1) is 5.75 Å². The zero-order valence-electron chi connectivity index (χ0n) is 13.5. The molecule has 0 aromatic heterocycles. The first-order valence-corrected chi connectivity index (χ1v) is 9.50. The van der Waals surface area contributed by atoms with Crippen molar-refractivity contribution in [2.75, 3.05) is 51.9 Å². The molecule has 1 rings (SSSR count). The molecular formula is C14H29N3O3S. The van der Waals surface area contributed by atoms with Crippen LogP contribution in [0.5, 0.6) is 0 Å². The van der Waals surface area contributed by atoms with Gasteiger partial charge >= 0.3 is 0 Å². The second kappa shape index (κ2) is 9.25. The molecule has 1 aliphatic heterocycles. The predicted molar refractivity (Wildman–Crippen MR) is 86.5 cm³/mol. The van der Waals surface area contributed by atoms with E-state index in [0.29, 0.717) is 6.54 Å². The van der Waals surface area contributed by atoms with Crippen LogP contribution in [0.2, 0.25) is 0 Å². The van der Waals surface area contributed by atoms with Gasteiger partial charge in [-0.05, 0) is 25.2 Å². The summed E-state index contributed by atoms with van der Waals surface area (Å²) in [4.78, 5) is 6.27. The lowest BCUT2D eigenvalue weighted by Gasteiger charge is -2.26. The first-order valence-electron chi connectivity index (χ1n) is 7.68. The van der Waals surface area contributed by atoms with Crippen LogP contribution in [0.1, 0.15) is 26.2 Å². The Morgan fingerprint density at radius 2 is 2.05 bits per heavy atom. The fourth-order valence-electron chi connectivity index (χ4n) is 2.36. The van der Waals surface area contributed by atoms with Crippen molar-refractivity contribution in [2.45, 2.75) is 26.2 Å². The van der Waals surface area contributed by atoms with Gasteiger partial charge in [0, 0.05) is 46.2 Å². The molecule has 0 spiro atoms. The van der Waals surface area contributed by atoms with Crippen LogP contribution >= 0.6 is 0 Å². The summed E-state index contributed by atoms with van der Waals surface area (Å²) in [5, 5.41) is 3.12. The molecule has 1 saturated heterocycles. The van der Waals surface area contributed by atoms with E-state index in [1.807, 2.05) is 7.05 Å². The second-order valence-electron chi connectivity index (χ2n) is 5.48. The second-order valence-corrected chi connectivity index (χ2v) is 7.95. The summed E-state index contributed by atoms with van der Waals surface area (Å²) in [6, 6.07) is 0. The van der Waals surface area contributed by atoms with Gasteiger partial charge in [-0.1, -0.05) is 6.92 Å². The molecule has 1 aliphatic rings. The molecule has 0 aromatic rings. The number of hydrogen-bond acceptors (Lipinski definition) is 4. The van der Waals surface area contributed by atoms with E-state index in [1.165, 1.54) is 0 Å². The summed E-state index contributed by atoms with van der Waals surface area (Å²) in [6.45, 7) is 4.74. The van der Waals surface area contributed by atoms with Crippen LogP contribution in [0.4, 0.5) is 0 Å². The van der Waals surface area contributed by atoms with Crippen LogP contribution in [0.15, 0.2) is 4.99 Å². The SMILES string of the molecule is CCS(=O)(=O)CCNC(=NC)N(C)CCC1CCOCC1. The third-order valence-electron chi connectivity index (χ3n) is 3.92. The minimum absolute atomic E-state index is 0.149. The lowest BCUT2D eigenvalue weighted by atomic mass is 9.96. The molecule has 0 saturated carbocycles. The molecule has 0 atom stereocenters. The summed E-state index contributed by atoms with van der Waals surface area (Å²) in [5.41, 5.74) is 0. The van der Waals surface area contributed by atoms with Crippen molar-refractivity contribution in [3.63, 3.8) is 0 Å². The van der Waals surface area contributed by atoms with E-state index >= 15 is 0 Å². The maximum Gasteiger partial charge on any atom is 0.193 e. The number of nitrogens with zero attached hydrogens (tertiary/aromatic N) is 2. The van der Waals surface area contributed by atoms with Crippen molar-refractivity contribution < 1.29 is 13.2 Å². The topological polar surface area (TPSA) is 71.0 Å². The quantitative estimate of drug-likeness (QED) is 0.554. The van der Waals surface area contributed by atoms with E-state index in [4.69, 9.17) is 4.74 Å². The number of ether oxygens (including phenoxy) is 1. The van der Waals surface area contributed by atoms with E-state index in [0.717, 1.165) is 50.9 Å². The van der Waals surface area contributed by atoms with Gasteiger partial charge < -0.3 is 15.0 Å². The monoisotopic (exact) mass is 319 g/mol. The first kappa shape index (κ1) is 18.2. The Morgan fingerprint density at radius 1 is 1.38 bits per heavy atom. The van der Waals surface area contributed by atoms with Crippen molar-refractivity contribution in [2.24, 2.45) is 10.9 Å². The van der Waals surface area contributed by atoms with Crippen molar-refractivity contribution in [1.82, 2.24) is 10.2 Å². The average molecular weight is 319 g/mol. The molecule has 0 unspecified atom stereocenters. The van der Waals surface area contributed by atoms with Gasteiger partial charge in [-0.25, -0.2) is 8.42 Å². The van der Waals surface area contributed by atoms with Crippen molar-refractivity contribution in [1.29, 1.82) is 0 Å². The molecule has 0 aliphatic carbocycles. The highest BCUT2D eigenvalue weighted by atomic mass is 32.2. The number of sulfone groups is 1. The standard InChI is InChI=1S/C14H29N3O3S/c1-4-21(18,19)12-8-16-14(15-2)17(3)9-5-13-6-10-20-11-7-13/h13H,4-12H2,1-3H3,(H,15,16). The largest absolute Gasteiger partial charge is 0.381 e. The number of nitrogens with one attached hydrogen (secondary N) is 1. The summed E-state index contributed by atoms with van der Waals surface area (Å²) in [5.74, 6) is 1.82. The van der Waals surface area contributed by atoms with E-state index in [9.17, 15) is 8.42 Å². The first-order chi connectivity index (χ1) is 9.98. The van der Waals surface area contributed by atoms with Gasteiger partial charge in [0.2, 0.25) is 0 Å². The van der Waals surface area contributed by atoms with Gasteiger partial charge in [0.15, 0.2) is 15.8 Å². The van der Waals surface area contributed by atoms with Crippen LogP contribution in [-0.2, 0) is 14.6 Å². The van der Waals surface area contributed by atoms with Crippen LogP contribution in [0, 0.1) is 5.92 Å². The molecule has 1 heterocycles. The van der Waals surface area contributed by atoms with Crippen molar-refractivity contribution >= 4 is 15.8 Å². The third-order valence-corrected chi connectivity index (χ3v) is 5.63. The number of aliphatic imine (C=N–C) groups is 1. The highest BCUT2D eigenvalue weighted by Gasteiger charge is 2.15. The Kier molecular flexibility index (Phi) is 8.03. The highest BCUT2D eigenvalue weighted by molar-refractivity contribution is 7.91. The Morgan fingerprint density at radius 3 is 2.62 bits per heavy atom. The number of hydrogen-bond donors (Lipinski definition) is 1.